The summed E-state index contributed by atoms with van der Waals surface area (Å²) in [7, 11) is 2.14. The largest absolute Gasteiger partial charge is 0.381 e. The van der Waals surface area contributed by atoms with Gasteiger partial charge >= 0.3 is 0 Å². The highest BCUT2D eigenvalue weighted by Crippen LogP contribution is 2.20. The quantitative estimate of drug-likeness (QED) is 0.669. The lowest BCUT2D eigenvalue weighted by Crippen LogP contribution is -2.31. The fraction of sp³-hybridized carbons (Fsp3) is 0.750. The lowest BCUT2D eigenvalue weighted by Gasteiger charge is -2.28. The Labute approximate surface area is 77.5 Å². The zero-order valence-electron chi connectivity index (χ0n) is 7.85. The van der Waals surface area contributed by atoms with Gasteiger partial charge in [0, 0.05) is 0 Å². The molecular formula is C8H15N5. The third-order valence-electron chi connectivity index (χ3n) is 2.59. The summed E-state index contributed by atoms with van der Waals surface area (Å²) in [5, 5.41) is 7.78. The van der Waals surface area contributed by atoms with Crippen molar-refractivity contribution in [2.24, 2.45) is 0 Å². The molecule has 1 aliphatic rings. The van der Waals surface area contributed by atoms with Crippen LogP contribution in [0.4, 0.5) is 5.82 Å². The van der Waals surface area contributed by atoms with Crippen LogP contribution in [0.15, 0.2) is 6.20 Å². The summed E-state index contributed by atoms with van der Waals surface area (Å²) in [4.78, 5) is 2.33. The molecular weight excluding hydrogens is 166 g/mol. The Kier molecular flexibility index (Phi) is 2.18. The Hall–Kier alpha value is -1.10. The number of nitrogens with zero attached hydrogens (tertiary/aromatic N) is 4. The lowest BCUT2D eigenvalue weighted by atomic mass is 10.1. The number of nitrogens with two attached hydrogens (primary N) is 1. The number of piperidine rings is 1. The number of hydrogen-bond acceptors (Lipinski definition) is 4. The molecule has 1 aliphatic heterocycles. The van der Waals surface area contributed by atoms with Crippen molar-refractivity contribution in [2.75, 3.05) is 25.9 Å². The summed E-state index contributed by atoms with van der Waals surface area (Å²) in [5.74, 6) is 0.513. The second-order valence-corrected chi connectivity index (χ2v) is 3.66. The SMILES string of the molecule is CN1CCC(n2cc(N)nn2)CC1. The number of aromatic nitrogens is 3. The van der Waals surface area contributed by atoms with E-state index >= 15 is 0 Å². The molecule has 0 unspecified atom stereocenters. The van der Waals surface area contributed by atoms with Gasteiger partial charge in [-0.3, -0.25) is 0 Å². The van der Waals surface area contributed by atoms with Gasteiger partial charge in [0.05, 0.1) is 12.2 Å². The summed E-state index contributed by atoms with van der Waals surface area (Å²) in [6.07, 6.45) is 4.09. The van der Waals surface area contributed by atoms with Gasteiger partial charge in [0.1, 0.15) is 0 Å². The highest BCUT2D eigenvalue weighted by atomic mass is 15.4. The molecule has 0 atom stereocenters. The number of anilines is 1. The minimum absolute atomic E-state index is 0.487. The van der Waals surface area contributed by atoms with E-state index in [0.717, 1.165) is 25.9 Å². The molecule has 2 N–H and O–H groups in total. The minimum Gasteiger partial charge on any atom is -0.381 e. The van der Waals surface area contributed by atoms with Crippen LogP contribution in [0.2, 0.25) is 0 Å². The van der Waals surface area contributed by atoms with Crippen LogP contribution in [0.1, 0.15) is 18.9 Å². The Morgan fingerprint density at radius 3 is 2.69 bits per heavy atom. The first-order chi connectivity index (χ1) is 6.25. The summed E-state index contributed by atoms with van der Waals surface area (Å²) in [6.45, 7) is 2.26. The van der Waals surface area contributed by atoms with E-state index in [9.17, 15) is 0 Å². The van der Waals surface area contributed by atoms with Crippen molar-refractivity contribution in [2.45, 2.75) is 18.9 Å². The van der Waals surface area contributed by atoms with E-state index in [1.54, 1.807) is 0 Å². The van der Waals surface area contributed by atoms with Crippen molar-refractivity contribution < 1.29 is 0 Å². The van der Waals surface area contributed by atoms with Gasteiger partial charge < -0.3 is 10.6 Å². The zero-order valence-corrected chi connectivity index (χ0v) is 7.85. The Balaban J connectivity index is 2.02. The average molecular weight is 181 g/mol. The van der Waals surface area contributed by atoms with Crippen LogP contribution >= 0.6 is 0 Å². The van der Waals surface area contributed by atoms with Gasteiger partial charge in [-0.15, -0.1) is 5.10 Å². The van der Waals surface area contributed by atoms with Gasteiger partial charge in [-0.1, -0.05) is 5.21 Å². The third kappa shape index (κ3) is 1.80. The predicted octanol–water partition coefficient (Wildman–Crippen LogP) is 0.127. The Morgan fingerprint density at radius 2 is 2.15 bits per heavy atom. The van der Waals surface area contributed by atoms with Gasteiger partial charge in [-0.2, -0.15) is 0 Å². The molecule has 5 heteroatoms. The van der Waals surface area contributed by atoms with Crippen LogP contribution in [0.25, 0.3) is 0 Å². The van der Waals surface area contributed by atoms with E-state index in [-0.39, 0.29) is 0 Å². The van der Waals surface area contributed by atoms with E-state index in [1.807, 2.05) is 10.9 Å². The molecule has 1 fully saturated rings. The van der Waals surface area contributed by atoms with Gasteiger partial charge in [0.15, 0.2) is 5.82 Å². The second kappa shape index (κ2) is 3.33. The Bertz CT molecular complexity index is 274. The second-order valence-electron chi connectivity index (χ2n) is 3.66. The maximum Gasteiger partial charge on any atom is 0.165 e. The molecule has 0 bridgehead atoms. The first kappa shape index (κ1) is 8.50. The number of hydrogen-bond donors (Lipinski definition) is 1. The molecule has 2 rings (SSSR count). The fourth-order valence-electron chi connectivity index (χ4n) is 1.73. The van der Waals surface area contributed by atoms with Crippen LogP contribution in [0, 0.1) is 0 Å². The molecule has 13 heavy (non-hydrogen) atoms. The predicted molar refractivity (Wildman–Crippen MR) is 50.2 cm³/mol. The van der Waals surface area contributed by atoms with Crippen molar-refractivity contribution in [3.63, 3.8) is 0 Å². The van der Waals surface area contributed by atoms with Crippen molar-refractivity contribution in [1.82, 2.24) is 19.9 Å². The standard InChI is InChI=1S/C8H15N5/c1-12-4-2-7(3-5-12)13-6-8(9)10-11-13/h6-7H,2-5,9H2,1H3. The molecule has 0 spiro atoms. The maximum atomic E-state index is 5.51. The summed E-state index contributed by atoms with van der Waals surface area (Å²) in [5.41, 5.74) is 5.51. The Morgan fingerprint density at radius 1 is 1.46 bits per heavy atom. The monoisotopic (exact) mass is 181 g/mol. The van der Waals surface area contributed by atoms with Crippen molar-refractivity contribution in [1.29, 1.82) is 0 Å². The zero-order chi connectivity index (χ0) is 9.26. The molecule has 0 amide bonds. The highest BCUT2D eigenvalue weighted by Gasteiger charge is 2.18. The van der Waals surface area contributed by atoms with Crippen LogP contribution < -0.4 is 5.73 Å². The first-order valence-electron chi connectivity index (χ1n) is 4.61. The topological polar surface area (TPSA) is 60.0 Å². The molecule has 1 aromatic heterocycles. The van der Waals surface area contributed by atoms with Gasteiger partial charge in [-0.25, -0.2) is 4.68 Å². The minimum atomic E-state index is 0.487. The van der Waals surface area contributed by atoms with E-state index in [0.29, 0.717) is 11.9 Å². The molecule has 0 saturated carbocycles. The lowest BCUT2D eigenvalue weighted by molar-refractivity contribution is 0.210. The molecule has 1 saturated heterocycles. The molecule has 2 heterocycles. The van der Waals surface area contributed by atoms with Crippen LogP contribution in [0.5, 0.6) is 0 Å². The van der Waals surface area contributed by atoms with E-state index in [1.165, 1.54) is 0 Å². The van der Waals surface area contributed by atoms with E-state index in [4.69, 9.17) is 5.73 Å². The maximum absolute atomic E-state index is 5.51. The van der Waals surface area contributed by atoms with Crippen molar-refractivity contribution >= 4 is 5.82 Å². The third-order valence-corrected chi connectivity index (χ3v) is 2.59. The van der Waals surface area contributed by atoms with Crippen LogP contribution in [-0.4, -0.2) is 40.0 Å². The molecule has 1 aromatic rings. The van der Waals surface area contributed by atoms with Crippen molar-refractivity contribution in [3.05, 3.63) is 6.20 Å². The van der Waals surface area contributed by atoms with E-state index < -0.39 is 0 Å². The average Bonchev–Trinajstić information content (AvgIpc) is 2.53. The van der Waals surface area contributed by atoms with Crippen LogP contribution in [0.3, 0.4) is 0 Å². The number of likely N-dealkylation sites (tertiary alicyclic amines) is 1. The van der Waals surface area contributed by atoms with Crippen LogP contribution in [-0.2, 0) is 0 Å². The summed E-state index contributed by atoms with van der Waals surface area (Å²) < 4.78 is 1.89. The van der Waals surface area contributed by atoms with Gasteiger partial charge in [0.2, 0.25) is 0 Å². The molecule has 0 aromatic carbocycles. The molecule has 0 radical (unpaired) electrons. The smallest absolute Gasteiger partial charge is 0.165 e. The molecule has 72 valence electrons. The number of rotatable bonds is 1. The molecule has 5 nitrogen and oxygen atoms in total. The highest BCUT2D eigenvalue weighted by molar-refractivity contribution is 5.20. The normalized spacial score (nSPS) is 20.7. The molecule has 0 aliphatic carbocycles. The van der Waals surface area contributed by atoms with Crippen molar-refractivity contribution in [3.8, 4) is 0 Å². The first-order valence-corrected chi connectivity index (χ1v) is 4.61. The fourth-order valence-corrected chi connectivity index (χ4v) is 1.73. The summed E-state index contributed by atoms with van der Waals surface area (Å²) in [6, 6.07) is 0.487. The van der Waals surface area contributed by atoms with E-state index in [2.05, 4.69) is 22.3 Å². The number of nitrogen functional groups attached to an aromatic ring is 1. The van der Waals surface area contributed by atoms with Gasteiger partial charge in [0.25, 0.3) is 0 Å². The summed E-state index contributed by atoms with van der Waals surface area (Å²) >= 11 is 0. The van der Waals surface area contributed by atoms with Gasteiger partial charge in [-0.05, 0) is 33.0 Å².